The summed E-state index contributed by atoms with van der Waals surface area (Å²) >= 11 is 7.33. The summed E-state index contributed by atoms with van der Waals surface area (Å²) in [6.07, 6.45) is -0.894. The summed E-state index contributed by atoms with van der Waals surface area (Å²) in [5.41, 5.74) is 1.43. The Morgan fingerprint density at radius 2 is 1.93 bits per heavy atom. The number of fused-ring (bicyclic) bond motifs is 1. The molecule has 0 aliphatic rings. The minimum absolute atomic E-state index is 0.122. The third-order valence-corrected chi connectivity index (χ3v) is 4.87. The van der Waals surface area contributed by atoms with Crippen molar-refractivity contribution in [1.29, 1.82) is 0 Å². The number of thiophene rings is 1. The van der Waals surface area contributed by atoms with Crippen LogP contribution in [-0.4, -0.2) is 36.2 Å². The van der Waals surface area contributed by atoms with Gasteiger partial charge in [-0.15, -0.1) is 11.3 Å². The lowest BCUT2D eigenvalue weighted by atomic mass is 10.1. The second-order valence-corrected chi connectivity index (χ2v) is 7.24. The molecule has 3 aromatic rings. The molecule has 9 heteroatoms. The highest BCUT2D eigenvalue weighted by molar-refractivity contribution is 7.19. The van der Waals surface area contributed by atoms with Gasteiger partial charge in [0.15, 0.2) is 6.61 Å². The van der Waals surface area contributed by atoms with Gasteiger partial charge in [0.25, 0.3) is 5.91 Å². The fourth-order valence-corrected chi connectivity index (χ4v) is 3.45. The Morgan fingerprint density at radius 1 is 1.14 bits per heavy atom. The van der Waals surface area contributed by atoms with E-state index < -0.39 is 24.6 Å². The highest BCUT2D eigenvalue weighted by atomic mass is 35.5. The van der Waals surface area contributed by atoms with Crippen LogP contribution in [0, 0.1) is 0 Å². The lowest BCUT2D eigenvalue weighted by Crippen LogP contribution is -2.34. The maximum absolute atomic E-state index is 12.6. The quantitative estimate of drug-likeness (QED) is 0.628. The topological polar surface area (TPSA) is 94.6 Å². The van der Waals surface area contributed by atoms with Crippen LogP contribution in [0.3, 0.4) is 0 Å². The first-order chi connectivity index (χ1) is 13.5. The molecule has 2 heterocycles. The molecule has 0 aliphatic carbocycles. The van der Waals surface area contributed by atoms with Crippen LogP contribution in [0.1, 0.15) is 17.3 Å². The van der Waals surface area contributed by atoms with Crippen LogP contribution in [0.2, 0.25) is 4.34 Å². The van der Waals surface area contributed by atoms with Crippen molar-refractivity contribution in [2.24, 2.45) is 0 Å². The maximum atomic E-state index is 12.6. The number of esters is 1. The molecule has 0 bridgehead atoms. The summed E-state index contributed by atoms with van der Waals surface area (Å²) in [4.78, 5) is 40.9. The van der Waals surface area contributed by atoms with Crippen LogP contribution in [0.5, 0.6) is 0 Å². The molecule has 144 valence electrons. The molecule has 28 heavy (non-hydrogen) atoms. The van der Waals surface area contributed by atoms with E-state index in [0.29, 0.717) is 20.9 Å². The number of aromatic nitrogens is 1. The van der Waals surface area contributed by atoms with Gasteiger partial charge in [-0.2, -0.15) is 0 Å². The Labute approximate surface area is 169 Å². The van der Waals surface area contributed by atoms with E-state index in [2.05, 4.69) is 9.72 Å². The summed E-state index contributed by atoms with van der Waals surface area (Å²) in [7, 11) is 0. The Balaban J connectivity index is 1.83. The summed E-state index contributed by atoms with van der Waals surface area (Å²) in [6.45, 7) is 1.11. The molecule has 3 rings (SSSR count). The number of para-hydroxylation sites is 1. The van der Waals surface area contributed by atoms with Gasteiger partial charge in [0.2, 0.25) is 0 Å². The standard InChI is InChI=1S/C19H15ClN2O5S/c1-2-26-19(25)22-17(23)10-27-18(24)12-9-14(15-7-8-16(20)28-15)21-13-6-4-3-5-11(12)13/h3-9H,2,10H2,1H3,(H,22,23,25). The number of amides is 2. The number of nitrogens with zero attached hydrogens (tertiary/aromatic N) is 1. The fraction of sp³-hybridized carbons (Fsp3) is 0.158. The van der Waals surface area contributed by atoms with E-state index in [9.17, 15) is 14.4 Å². The third kappa shape index (κ3) is 4.65. The maximum Gasteiger partial charge on any atom is 0.413 e. The molecule has 0 spiro atoms. The molecular weight excluding hydrogens is 404 g/mol. The number of rotatable bonds is 5. The van der Waals surface area contributed by atoms with Gasteiger partial charge in [-0.3, -0.25) is 10.1 Å². The number of hydrogen-bond donors (Lipinski definition) is 1. The number of benzene rings is 1. The van der Waals surface area contributed by atoms with Crippen LogP contribution in [-0.2, 0) is 14.3 Å². The molecule has 0 saturated carbocycles. The number of halogens is 1. The van der Waals surface area contributed by atoms with E-state index >= 15 is 0 Å². The van der Waals surface area contributed by atoms with Crippen molar-refractivity contribution < 1.29 is 23.9 Å². The number of ether oxygens (including phenoxy) is 2. The fourth-order valence-electron chi connectivity index (χ4n) is 2.45. The predicted molar refractivity (Wildman–Crippen MR) is 106 cm³/mol. The van der Waals surface area contributed by atoms with Crippen LogP contribution in [0.15, 0.2) is 42.5 Å². The highest BCUT2D eigenvalue weighted by Gasteiger charge is 2.18. The number of nitrogens with one attached hydrogen (secondary N) is 1. The second kappa shape index (κ2) is 8.81. The first-order valence-corrected chi connectivity index (χ1v) is 9.46. The van der Waals surface area contributed by atoms with E-state index in [1.165, 1.54) is 11.3 Å². The summed E-state index contributed by atoms with van der Waals surface area (Å²) in [5, 5.41) is 2.55. The lowest BCUT2D eigenvalue weighted by molar-refractivity contribution is -0.123. The molecule has 0 radical (unpaired) electrons. The molecule has 0 fully saturated rings. The monoisotopic (exact) mass is 418 g/mol. The Kier molecular flexibility index (Phi) is 6.23. The number of hydrogen-bond acceptors (Lipinski definition) is 7. The molecule has 2 amide bonds. The van der Waals surface area contributed by atoms with Gasteiger partial charge >= 0.3 is 12.1 Å². The van der Waals surface area contributed by atoms with Gasteiger partial charge < -0.3 is 9.47 Å². The summed E-state index contributed by atoms with van der Waals surface area (Å²) in [5.74, 6) is -1.49. The van der Waals surface area contributed by atoms with Gasteiger partial charge in [-0.25, -0.2) is 14.6 Å². The van der Waals surface area contributed by atoms with Crippen molar-refractivity contribution in [3.8, 4) is 10.6 Å². The molecule has 7 nitrogen and oxygen atoms in total. The molecule has 1 N–H and O–H groups in total. The Bertz CT molecular complexity index is 1050. The van der Waals surface area contributed by atoms with Crippen LogP contribution in [0.4, 0.5) is 4.79 Å². The molecule has 0 saturated heterocycles. The lowest BCUT2D eigenvalue weighted by Gasteiger charge is -2.09. The average molecular weight is 419 g/mol. The summed E-state index contributed by atoms with van der Waals surface area (Å²) in [6, 6.07) is 12.2. The Morgan fingerprint density at radius 3 is 2.64 bits per heavy atom. The van der Waals surface area contributed by atoms with Crippen LogP contribution in [0.25, 0.3) is 21.5 Å². The van der Waals surface area contributed by atoms with E-state index in [0.717, 1.165) is 4.88 Å². The van der Waals surface area contributed by atoms with E-state index in [-0.39, 0.29) is 12.2 Å². The van der Waals surface area contributed by atoms with Crippen molar-refractivity contribution in [2.75, 3.05) is 13.2 Å². The summed E-state index contributed by atoms with van der Waals surface area (Å²) < 4.78 is 10.3. The van der Waals surface area contributed by atoms with Crippen molar-refractivity contribution in [3.63, 3.8) is 0 Å². The zero-order valence-electron chi connectivity index (χ0n) is 14.7. The molecule has 1 aromatic carbocycles. The number of carbonyl (C=O) groups is 3. The van der Waals surface area contributed by atoms with Crippen molar-refractivity contribution in [1.82, 2.24) is 10.3 Å². The molecule has 0 unspecified atom stereocenters. The van der Waals surface area contributed by atoms with Crippen molar-refractivity contribution in [2.45, 2.75) is 6.92 Å². The van der Waals surface area contributed by atoms with Gasteiger partial charge in [-0.1, -0.05) is 29.8 Å². The van der Waals surface area contributed by atoms with Gasteiger partial charge in [0.1, 0.15) is 0 Å². The number of pyridine rings is 1. The zero-order valence-corrected chi connectivity index (χ0v) is 16.3. The molecule has 2 aromatic heterocycles. The minimum Gasteiger partial charge on any atom is -0.452 e. The molecular formula is C19H15ClN2O5S. The Hall–Kier alpha value is -2.97. The highest BCUT2D eigenvalue weighted by Crippen LogP contribution is 2.32. The first-order valence-electron chi connectivity index (χ1n) is 8.27. The van der Waals surface area contributed by atoms with Crippen LogP contribution >= 0.6 is 22.9 Å². The van der Waals surface area contributed by atoms with E-state index in [1.807, 2.05) is 17.4 Å². The van der Waals surface area contributed by atoms with Gasteiger partial charge in [0, 0.05) is 5.39 Å². The van der Waals surface area contributed by atoms with E-state index in [4.69, 9.17) is 16.3 Å². The zero-order chi connectivity index (χ0) is 20.1. The molecule has 0 aliphatic heterocycles. The normalized spacial score (nSPS) is 10.5. The first kappa shape index (κ1) is 19.8. The average Bonchev–Trinajstić information content (AvgIpc) is 3.11. The largest absolute Gasteiger partial charge is 0.452 e. The number of carbonyl (C=O) groups excluding carboxylic acids is 3. The second-order valence-electron chi connectivity index (χ2n) is 5.52. The minimum atomic E-state index is -0.894. The third-order valence-electron chi connectivity index (χ3n) is 3.61. The van der Waals surface area contributed by atoms with Crippen LogP contribution < -0.4 is 5.32 Å². The van der Waals surface area contributed by atoms with Gasteiger partial charge in [0.05, 0.1) is 32.6 Å². The predicted octanol–water partition coefficient (Wildman–Crippen LogP) is 4.05. The number of alkyl carbamates (subject to hydrolysis) is 1. The SMILES string of the molecule is CCOC(=O)NC(=O)COC(=O)c1cc(-c2ccc(Cl)s2)nc2ccccc12. The molecule has 0 atom stereocenters. The van der Waals surface area contributed by atoms with Crippen molar-refractivity contribution >= 4 is 51.8 Å². The van der Waals surface area contributed by atoms with Crippen molar-refractivity contribution in [3.05, 3.63) is 52.4 Å². The smallest absolute Gasteiger partial charge is 0.413 e. The number of imide groups is 1. The van der Waals surface area contributed by atoms with Gasteiger partial charge in [-0.05, 0) is 31.2 Å². The van der Waals surface area contributed by atoms with E-state index in [1.54, 1.807) is 37.3 Å².